The molecule has 0 spiro atoms. The highest BCUT2D eigenvalue weighted by Crippen LogP contribution is 2.20. The van der Waals surface area contributed by atoms with Crippen molar-refractivity contribution in [1.82, 2.24) is 0 Å². The number of rotatable bonds is 7. The van der Waals surface area contributed by atoms with Crippen LogP contribution in [0.1, 0.15) is 30.1 Å². The number of aryl methyl sites for hydroxylation is 1. The second kappa shape index (κ2) is 7.36. The maximum Gasteiger partial charge on any atom is 0.303 e. The van der Waals surface area contributed by atoms with Gasteiger partial charge in [-0.15, -0.1) is 11.6 Å². The molecule has 1 aromatic carbocycles. The Kier molecular flexibility index (Phi) is 6.12. The Hall–Kier alpha value is -1.10. The van der Waals surface area contributed by atoms with Crippen molar-refractivity contribution in [3.63, 3.8) is 0 Å². The number of carbonyl (C=O) groups is 1. The zero-order chi connectivity index (χ0) is 13.5. The number of alkyl halides is 1. The molecule has 100 valence electrons. The average Bonchev–Trinajstić information content (AvgIpc) is 2.36. The van der Waals surface area contributed by atoms with Gasteiger partial charge in [0.05, 0.1) is 6.10 Å². The van der Waals surface area contributed by atoms with Gasteiger partial charge in [0.15, 0.2) is 0 Å². The molecule has 2 atom stereocenters. The van der Waals surface area contributed by atoms with Gasteiger partial charge in [-0.2, -0.15) is 0 Å². The number of hydrogen-bond acceptors (Lipinski definition) is 3. The number of aliphatic hydroxyl groups is 2. The molecule has 4 nitrogen and oxygen atoms in total. The standard InChI is InChI=1S/C13H17ClO4/c14-7-6-11(15)13(18)10-3-1-2-9(8-10)4-5-12(16)17/h1-3,8,11,13,15,18H,4-7H2,(H,16,17). The van der Waals surface area contributed by atoms with Gasteiger partial charge in [-0.3, -0.25) is 4.79 Å². The fourth-order valence-electron chi connectivity index (χ4n) is 1.68. The molecular weight excluding hydrogens is 256 g/mol. The number of hydrogen-bond donors (Lipinski definition) is 3. The third-order valence-corrected chi connectivity index (χ3v) is 2.91. The molecule has 0 bridgehead atoms. The molecule has 1 rings (SSSR count). The van der Waals surface area contributed by atoms with E-state index in [1.54, 1.807) is 24.3 Å². The predicted molar refractivity (Wildman–Crippen MR) is 68.7 cm³/mol. The van der Waals surface area contributed by atoms with Crippen molar-refractivity contribution in [2.45, 2.75) is 31.5 Å². The first-order valence-electron chi connectivity index (χ1n) is 5.77. The van der Waals surface area contributed by atoms with E-state index in [4.69, 9.17) is 16.7 Å². The van der Waals surface area contributed by atoms with Crippen molar-refractivity contribution in [2.75, 3.05) is 5.88 Å². The molecule has 0 radical (unpaired) electrons. The maximum atomic E-state index is 10.5. The minimum atomic E-state index is -0.992. The lowest BCUT2D eigenvalue weighted by atomic mass is 9.99. The molecule has 5 heteroatoms. The Bertz CT molecular complexity index is 394. The molecule has 0 saturated heterocycles. The summed E-state index contributed by atoms with van der Waals surface area (Å²) < 4.78 is 0. The van der Waals surface area contributed by atoms with Crippen LogP contribution in [-0.4, -0.2) is 33.3 Å². The van der Waals surface area contributed by atoms with Crippen LogP contribution in [0.5, 0.6) is 0 Å². The van der Waals surface area contributed by atoms with Crippen LogP contribution in [0, 0.1) is 0 Å². The van der Waals surface area contributed by atoms with Crippen LogP contribution >= 0.6 is 11.6 Å². The second-order valence-corrected chi connectivity index (χ2v) is 4.51. The molecule has 18 heavy (non-hydrogen) atoms. The van der Waals surface area contributed by atoms with Gasteiger partial charge < -0.3 is 15.3 Å². The van der Waals surface area contributed by atoms with Crippen LogP contribution < -0.4 is 0 Å². The van der Waals surface area contributed by atoms with Crippen LogP contribution in [0.4, 0.5) is 0 Å². The van der Waals surface area contributed by atoms with Crippen LogP contribution in [0.3, 0.4) is 0 Å². The first-order valence-corrected chi connectivity index (χ1v) is 6.30. The molecule has 1 aromatic rings. The summed E-state index contributed by atoms with van der Waals surface area (Å²) in [6.45, 7) is 0. The van der Waals surface area contributed by atoms with Crippen LogP contribution in [0.25, 0.3) is 0 Å². The molecule has 0 aliphatic carbocycles. The molecule has 0 aromatic heterocycles. The van der Waals surface area contributed by atoms with E-state index in [1.165, 1.54) is 0 Å². The van der Waals surface area contributed by atoms with Crippen molar-refractivity contribution in [3.8, 4) is 0 Å². The summed E-state index contributed by atoms with van der Waals surface area (Å²) >= 11 is 5.51. The number of aliphatic hydroxyl groups excluding tert-OH is 2. The van der Waals surface area contributed by atoms with Gasteiger partial charge in [-0.1, -0.05) is 24.3 Å². The summed E-state index contributed by atoms with van der Waals surface area (Å²) in [5, 5.41) is 28.2. The number of halogens is 1. The topological polar surface area (TPSA) is 77.8 Å². The number of carboxylic acid groups (broad SMARTS) is 1. The molecule has 0 fully saturated rings. The minimum absolute atomic E-state index is 0.0454. The average molecular weight is 273 g/mol. The maximum absolute atomic E-state index is 10.5. The predicted octanol–water partition coefficient (Wildman–Crippen LogP) is 1.73. The van der Waals surface area contributed by atoms with Crippen molar-refractivity contribution in [3.05, 3.63) is 35.4 Å². The molecule has 0 heterocycles. The number of aliphatic carboxylic acids is 1. The van der Waals surface area contributed by atoms with Gasteiger partial charge in [0.2, 0.25) is 0 Å². The fraction of sp³-hybridized carbons (Fsp3) is 0.462. The van der Waals surface area contributed by atoms with Gasteiger partial charge in [0, 0.05) is 12.3 Å². The molecule has 2 unspecified atom stereocenters. The van der Waals surface area contributed by atoms with Crippen molar-refractivity contribution < 1.29 is 20.1 Å². The summed E-state index contributed by atoms with van der Waals surface area (Å²) in [4.78, 5) is 10.5. The zero-order valence-electron chi connectivity index (χ0n) is 9.92. The van der Waals surface area contributed by atoms with Gasteiger partial charge in [0.1, 0.15) is 6.10 Å². The van der Waals surface area contributed by atoms with Crippen molar-refractivity contribution >= 4 is 17.6 Å². The van der Waals surface area contributed by atoms with E-state index in [1.807, 2.05) is 0 Å². The third-order valence-electron chi connectivity index (χ3n) is 2.69. The quantitative estimate of drug-likeness (QED) is 0.661. The summed E-state index contributed by atoms with van der Waals surface area (Å²) in [5.41, 5.74) is 1.41. The fourth-order valence-corrected chi connectivity index (χ4v) is 1.90. The number of carboxylic acids is 1. The lowest BCUT2D eigenvalue weighted by Crippen LogP contribution is -2.18. The molecular formula is C13H17ClO4. The largest absolute Gasteiger partial charge is 0.481 e. The van der Waals surface area contributed by atoms with Gasteiger partial charge in [0.25, 0.3) is 0 Å². The van der Waals surface area contributed by atoms with E-state index >= 15 is 0 Å². The highest BCUT2D eigenvalue weighted by atomic mass is 35.5. The molecule has 0 aliphatic rings. The Labute approximate surface area is 111 Å². The highest BCUT2D eigenvalue weighted by molar-refractivity contribution is 6.17. The van der Waals surface area contributed by atoms with Crippen LogP contribution in [0.2, 0.25) is 0 Å². The Morgan fingerprint density at radius 2 is 2.06 bits per heavy atom. The highest BCUT2D eigenvalue weighted by Gasteiger charge is 2.17. The SMILES string of the molecule is O=C(O)CCc1cccc(C(O)C(O)CCCl)c1. The number of benzene rings is 1. The molecule has 0 saturated carbocycles. The molecule has 3 N–H and O–H groups in total. The van der Waals surface area contributed by atoms with E-state index < -0.39 is 18.2 Å². The lowest BCUT2D eigenvalue weighted by Gasteiger charge is -2.17. The summed E-state index contributed by atoms with van der Waals surface area (Å²) in [7, 11) is 0. The summed E-state index contributed by atoms with van der Waals surface area (Å²) in [6.07, 6.45) is -1.14. The molecule has 0 aliphatic heterocycles. The van der Waals surface area contributed by atoms with Gasteiger partial charge in [-0.25, -0.2) is 0 Å². The summed E-state index contributed by atoms with van der Waals surface area (Å²) in [5.74, 6) is -0.583. The minimum Gasteiger partial charge on any atom is -0.481 e. The van der Waals surface area contributed by atoms with Crippen molar-refractivity contribution in [2.24, 2.45) is 0 Å². The van der Waals surface area contributed by atoms with Crippen molar-refractivity contribution in [1.29, 1.82) is 0 Å². The Morgan fingerprint density at radius 3 is 2.67 bits per heavy atom. The van der Waals surface area contributed by atoms with Gasteiger partial charge in [-0.05, 0) is 24.0 Å². The molecule has 0 amide bonds. The van der Waals surface area contributed by atoms with E-state index in [-0.39, 0.29) is 12.3 Å². The van der Waals surface area contributed by atoms with E-state index in [0.29, 0.717) is 18.4 Å². The third kappa shape index (κ3) is 4.64. The Morgan fingerprint density at radius 1 is 1.33 bits per heavy atom. The first-order chi connectivity index (χ1) is 8.54. The normalized spacial score (nSPS) is 14.2. The van der Waals surface area contributed by atoms with E-state index in [2.05, 4.69) is 0 Å². The summed E-state index contributed by atoms with van der Waals surface area (Å²) in [6, 6.07) is 6.95. The van der Waals surface area contributed by atoms with Crippen LogP contribution in [0.15, 0.2) is 24.3 Å². The first kappa shape index (κ1) is 15.0. The lowest BCUT2D eigenvalue weighted by molar-refractivity contribution is -0.136. The van der Waals surface area contributed by atoms with E-state index in [0.717, 1.165) is 5.56 Å². The zero-order valence-corrected chi connectivity index (χ0v) is 10.7. The smallest absolute Gasteiger partial charge is 0.303 e. The monoisotopic (exact) mass is 272 g/mol. The van der Waals surface area contributed by atoms with E-state index in [9.17, 15) is 15.0 Å². The van der Waals surface area contributed by atoms with Gasteiger partial charge >= 0.3 is 5.97 Å². The Balaban J connectivity index is 2.71. The van der Waals surface area contributed by atoms with Crippen LogP contribution in [-0.2, 0) is 11.2 Å². The second-order valence-electron chi connectivity index (χ2n) is 4.13.